The van der Waals surface area contributed by atoms with E-state index < -0.39 is 5.54 Å². The largest absolute Gasteiger partial charge is 0.368 e. The van der Waals surface area contributed by atoms with E-state index in [1.807, 2.05) is 4.90 Å². The van der Waals surface area contributed by atoms with E-state index in [-0.39, 0.29) is 5.91 Å². The number of carbonyl (C=O) groups is 1. The number of carbonyl (C=O) groups excluding carboxylic acids is 1. The van der Waals surface area contributed by atoms with Crippen molar-refractivity contribution in [3.63, 3.8) is 0 Å². The molecule has 0 saturated carbocycles. The minimum Gasteiger partial charge on any atom is -0.368 e. The molecule has 0 aliphatic carbocycles. The van der Waals surface area contributed by atoms with E-state index >= 15 is 0 Å². The Morgan fingerprint density at radius 1 is 1.16 bits per heavy atom. The Bertz CT molecular complexity index is 457. The SMILES string of the molecule is Cc1ccccc1N1CCN(C(=O)C(C)(C)N)CC1. The number of hydrogen-bond acceptors (Lipinski definition) is 3. The quantitative estimate of drug-likeness (QED) is 0.875. The van der Waals surface area contributed by atoms with Crippen molar-refractivity contribution in [3.8, 4) is 0 Å². The molecule has 4 nitrogen and oxygen atoms in total. The van der Waals surface area contributed by atoms with Crippen LogP contribution in [0.15, 0.2) is 24.3 Å². The fourth-order valence-electron chi connectivity index (χ4n) is 2.48. The first-order valence-electron chi connectivity index (χ1n) is 6.78. The third-order valence-corrected chi connectivity index (χ3v) is 3.57. The van der Waals surface area contributed by atoms with Gasteiger partial charge in [0.25, 0.3) is 0 Å². The Kier molecular flexibility index (Phi) is 3.80. The molecule has 1 aliphatic heterocycles. The predicted molar refractivity (Wildman–Crippen MR) is 78.2 cm³/mol. The second kappa shape index (κ2) is 5.21. The van der Waals surface area contributed by atoms with E-state index in [0.29, 0.717) is 0 Å². The first kappa shape index (κ1) is 13.9. The van der Waals surface area contributed by atoms with Gasteiger partial charge in [-0.05, 0) is 32.4 Å². The van der Waals surface area contributed by atoms with Gasteiger partial charge in [-0.15, -0.1) is 0 Å². The molecule has 2 rings (SSSR count). The maximum absolute atomic E-state index is 12.1. The number of benzene rings is 1. The molecule has 4 heteroatoms. The summed E-state index contributed by atoms with van der Waals surface area (Å²) in [5, 5.41) is 0. The number of rotatable bonds is 2. The molecule has 2 N–H and O–H groups in total. The van der Waals surface area contributed by atoms with Crippen LogP contribution in [-0.4, -0.2) is 42.5 Å². The summed E-state index contributed by atoms with van der Waals surface area (Å²) in [5.74, 6) is 0.0388. The molecular weight excluding hydrogens is 238 g/mol. The highest BCUT2D eigenvalue weighted by atomic mass is 16.2. The van der Waals surface area contributed by atoms with E-state index in [1.165, 1.54) is 11.3 Å². The van der Waals surface area contributed by atoms with Crippen molar-refractivity contribution in [3.05, 3.63) is 29.8 Å². The van der Waals surface area contributed by atoms with Crippen LogP contribution >= 0.6 is 0 Å². The van der Waals surface area contributed by atoms with Gasteiger partial charge in [-0.2, -0.15) is 0 Å². The lowest BCUT2D eigenvalue weighted by Gasteiger charge is -2.39. The minimum absolute atomic E-state index is 0.0388. The summed E-state index contributed by atoms with van der Waals surface area (Å²) < 4.78 is 0. The molecule has 0 radical (unpaired) electrons. The number of piperazine rings is 1. The van der Waals surface area contributed by atoms with Gasteiger partial charge in [0.1, 0.15) is 0 Å². The van der Waals surface area contributed by atoms with E-state index in [1.54, 1.807) is 13.8 Å². The zero-order valence-electron chi connectivity index (χ0n) is 12.0. The third-order valence-electron chi connectivity index (χ3n) is 3.57. The second-order valence-electron chi connectivity index (χ2n) is 5.79. The molecule has 19 heavy (non-hydrogen) atoms. The molecule has 104 valence electrons. The normalized spacial score (nSPS) is 16.6. The predicted octanol–water partition coefficient (Wildman–Crippen LogP) is 1.38. The highest BCUT2D eigenvalue weighted by Crippen LogP contribution is 2.21. The Morgan fingerprint density at radius 3 is 2.26 bits per heavy atom. The summed E-state index contributed by atoms with van der Waals surface area (Å²) in [7, 11) is 0. The summed E-state index contributed by atoms with van der Waals surface area (Å²) in [5.41, 5.74) is 7.65. The molecule has 1 saturated heterocycles. The first-order valence-corrected chi connectivity index (χ1v) is 6.78. The fraction of sp³-hybridized carbons (Fsp3) is 0.533. The van der Waals surface area contributed by atoms with Crippen LogP contribution in [0.4, 0.5) is 5.69 Å². The molecule has 1 aliphatic rings. The number of nitrogens with two attached hydrogens (primary N) is 1. The van der Waals surface area contributed by atoms with Crippen molar-refractivity contribution in [1.29, 1.82) is 0 Å². The van der Waals surface area contributed by atoms with Crippen LogP contribution in [0.3, 0.4) is 0 Å². The third kappa shape index (κ3) is 3.07. The van der Waals surface area contributed by atoms with Crippen LogP contribution < -0.4 is 10.6 Å². The highest BCUT2D eigenvalue weighted by molar-refractivity contribution is 5.85. The topological polar surface area (TPSA) is 49.6 Å². The Morgan fingerprint density at radius 2 is 1.74 bits per heavy atom. The molecule has 1 aromatic rings. The van der Waals surface area contributed by atoms with Crippen molar-refractivity contribution < 1.29 is 4.79 Å². The monoisotopic (exact) mass is 261 g/mol. The van der Waals surface area contributed by atoms with E-state index in [4.69, 9.17) is 5.73 Å². The summed E-state index contributed by atoms with van der Waals surface area (Å²) in [4.78, 5) is 16.3. The molecular formula is C15H23N3O. The van der Waals surface area contributed by atoms with Crippen LogP contribution in [0.25, 0.3) is 0 Å². The van der Waals surface area contributed by atoms with Gasteiger partial charge in [0.2, 0.25) is 5.91 Å². The zero-order chi connectivity index (χ0) is 14.0. The maximum Gasteiger partial charge on any atom is 0.242 e. The standard InChI is InChI=1S/C15H23N3O/c1-12-6-4-5-7-13(12)17-8-10-18(11-9-17)14(19)15(2,3)16/h4-7H,8-11,16H2,1-3H3. The fourth-order valence-corrected chi connectivity index (χ4v) is 2.48. The summed E-state index contributed by atoms with van der Waals surface area (Å²) >= 11 is 0. The molecule has 1 fully saturated rings. The Labute approximate surface area is 115 Å². The van der Waals surface area contributed by atoms with Crippen molar-refractivity contribution >= 4 is 11.6 Å². The Balaban J connectivity index is 2.00. The summed E-state index contributed by atoms with van der Waals surface area (Å²) in [6.45, 7) is 8.88. The van der Waals surface area contributed by atoms with E-state index in [2.05, 4.69) is 36.1 Å². The van der Waals surface area contributed by atoms with Gasteiger partial charge in [0, 0.05) is 31.9 Å². The van der Waals surface area contributed by atoms with Gasteiger partial charge < -0.3 is 15.5 Å². The number of anilines is 1. The zero-order valence-corrected chi connectivity index (χ0v) is 12.0. The highest BCUT2D eigenvalue weighted by Gasteiger charge is 2.30. The first-order chi connectivity index (χ1) is 8.89. The van der Waals surface area contributed by atoms with Gasteiger partial charge in [0.05, 0.1) is 5.54 Å². The van der Waals surface area contributed by atoms with Crippen LogP contribution in [0.5, 0.6) is 0 Å². The molecule has 0 bridgehead atoms. The van der Waals surface area contributed by atoms with Gasteiger partial charge in [-0.25, -0.2) is 0 Å². The number of nitrogens with zero attached hydrogens (tertiary/aromatic N) is 2. The molecule has 1 aromatic carbocycles. The summed E-state index contributed by atoms with van der Waals surface area (Å²) in [6.07, 6.45) is 0. The molecule has 1 amide bonds. The minimum atomic E-state index is -0.773. The summed E-state index contributed by atoms with van der Waals surface area (Å²) in [6, 6.07) is 8.37. The molecule has 0 spiro atoms. The van der Waals surface area contributed by atoms with Crippen molar-refractivity contribution in [2.24, 2.45) is 5.73 Å². The lowest BCUT2D eigenvalue weighted by molar-refractivity contribution is -0.136. The molecule has 1 heterocycles. The molecule has 0 aromatic heterocycles. The lowest BCUT2D eigenvalue weighted by Crippen LogP contribution is -2.57. The molecule has 0 unspecified atom stereocenters. The average Bonchev–Trinajstić information content (AvgIpc) is 2.38. The van der Waals surface area contributed by atoms with E-state index in [9.17, 15) is 4.79 Å². The van der Waals surface area contributed by atoms with Gasteiger partial charge >= 0.3 is 0 Å². The van der Waals surface area contributed by atoms with Crippen molar-refractivity contribution in [2.45, 2.75) is 26.3 Å². The van der Waals surface area contributed by atoms with Crippen LogP contribution in [0.1, 0.15) is 19.4 Å². The van der Waals surface area contributed by atoms with Crippen molar-refractivity contribution in [2.75, 3.05) is 31.1 Å². The van der Waals surface area contributed by atoms with Crippen molar-refractivity contribution in [1.82, 2.24) is 4.90 Å². The smallest absolute Gasteiger partial charge is 0.242 e. The van der Waals surface area contributed by atoms with Crippen LogP contribution in [0, 0.1) is 6.92 Å². The number of hydrogen-bond donors (Lipinski definition) is 1. The van der Waals surface area contributed by atoms with E-state index in [0.717, 1.165) is 26.2 Å². The Hall–Kier alpha value is -1.55. The van der Waals surface area contributed by atoms with Gasteiger partial charge in [-0.1, -0.05) is 18.2 Å². The molecule has 0 atom stereocenters. The number of aryl methyl sites for hydroxylation is 1. The second-order valence-corrected chi connectivity index (χ2v) is 5.79. The number of para-hydroxylation sites is 1. The van der Waals surface area contributed by atoms with Gasteiger partial charge in [0.15, 0.2) is 0 Å². The number of amides is 1. The van der Waals surface area contributed by atoms with Crippen LogP contribution in [0.2, 0.25) is 0 Å². The average molecular weight is 261 g/mol. The van der Waals surface area contributed by atoms with Gasteiger partial charge in [-0.3, -0.25) is 4.79 Å². The van der Waals surface area contributed by atoms with Crippen LogP contribution in [-0.2, 0) is 4.79 Å². The lowest BCUT2D eigenvalue weighted by atomic mass is 10.0. The maximum atomic E-state index is 12.1.